The highest BCUT2D eigenvalue weighted by Gasteiger charge is 2.43. The van der Waals surface area contributed by atoms with Crippen molar-refractivity contribution in [3.05, 3.63) is 18.0 Å². The number of rotatable bonds is 2. The van der Waals surface area contributed by atoms with Gasteiger partial charge in [-0.1, -0.05) is 20.3 Å². The van der Waals surface area contributed by atoms with Crippen molar-refractivity contribution in [1.29, 1.82) is 0 Å². The fourth-order valence-electron chi connectivity index (χ4n) is 3.07. The Hall–Kier alpha value is -0.830. The van der Waals surface area contributed by atoms with Gasteiger partial charge in [0, 0.05) is 12.2 Å². The van der Waals surface area contributed by atoms with Gasteiger partial charge in [0.15, 0.2) is 0 Å². The Labute approximate surface area is 104 Å². The first-order valence-electron chi connectivity index (χ1n) is 6.73. The van der Waals surface area contributed by atoms with E-state index in [1.165, 1.54) is 6.42 Å². The quantitative estimate of drug-likeness (QED) is 0.856. The van der Waals surface area contributed by atoms with Crippen molar-refractivity contribution in [1.82, 2.24) is 9.78 Å². The summed E-state index contributed by atoms with van der Waals surface area (Å²) >= 11 is 0. The zero-order valence-electron chi connectivity index (χ0n) is 11.3. The van der Waals surface area contributed by atoms with Crippen molar-refractivity contribution >= 4 is 0 Å². The molecule has 1 saturated carbocycles. The molecule has 1 fully saturated rings. The topological polar surface area (TPSA) is 38.1 Å². The summed E-state index contributed by atoms with van der Waals surface area (Å²) in [5.74, 6) is 0.870. The van der Waals surface area contributed by atoms with Crippen LogP contribution >= 0.6 is 0 Å². The summed E-state index contributed by atoms with van der Waals surface area (Å²) in [4.78, 5) is 0. The summed E-state index contributed by atoms with van der Waals surface area (Å²) < 4.78 is 1.97. The number of hydrogen-bond donors (Lipinski definition) is 1. The van der Waals surface area contributed by atoms with E-state index in [1.807, 2.05) is 10.7 Å². The van der Waals surface area contributed by atoms with Gasteiger partial charge in [-0.25, -0.2) is 0 Å². The minimum atomic E-state index is -0.696. The Morgan fingerprint density at radius 1 is 1.47 bits per heavy atom. The van der Waals surface area contributed by atoms with Crippen molar-refractivity contribution in [3.8, 4) is 0 Å². The minimum absolute atomic E-state index is 0.297. The number of aliphatic hydroxyl groups is 1. The molecule has 1 aliphatic carbocycles. The molecule has 1 aromatic rings. The number of aromatic nitrogens is 2. The third-order valence-corrected chi connectivity index (χ3v) is 4.43. The van der Waals surface area contributed by atoms with E-state index < -0.39 is 5.60 Å². The first-order valence-corrected chi connectivity index (χ1v) is 6.73. The second kappa shape index (κ2) is 4.45. The third kappa shape index (κ3) is 2.01. The van der Waals surface area contributed by atoms with Crippen LogP contribution in [-0.2, 0) is 5.60 Å². The van der Waals surface area contributed by atoms with E-state index in [0.717, 1.165) is 18.5 Å². The van der Waals surface area contributed by atoms with Crippen molar-refractivity contribution in [2.45, 2.75) is 58.6 Å². The summed E-state index contributed by atoms with van der Waals surface area (Å²) in [5, 5.41) is 15.4. The second-order valence-electron chi connectivity index (χ2n) is 5.84. The maximum Gasteiger partial charge on any atom is 0.109 e. The SMILES string of the molecule is CC1CCCC(O)(c2ccnn2C(C)C)C1C. The molecule has 3 nitrogen and oxygen atoms in total. The fraction of sp³-hybridized carbons (Fsp3) is 0.786. The van der Waals surface area contributed by atoms with Gasteiger partial charge in [-0.15, -0.1) is 0 Å². The molecule has 0 spiro atoms. The molecule has 17 heavy (non-hydrogen) atoms. The standard InChI is InChI=1S/C14H24N2O/c1-10(2)16-13(7-9-15-16)14(17)8-5-6-11(3)12(14)4/h7,9-12,17H,5-6,8H2,1-4H3. The molecule has 0 aromatic carbocycles. The summed E-state index contributed by atoms with van der Waals surface area (Å²) in [6.45, 7) is 8.62. The number of hydrogen-bond acceptors (Lipinski definition) is 2. The lowest BCUT2D eigenvalue weighted by atomic mass is 9.69. The second-order valence-corrected chi connectivity index (χ2v) is 5.84. The average Bonchev–Trinajstić information content (AvgIpc) is 2.75. The largest absolute Gasteiger partial charge is 0.383 e. The van der Waals surface area contributed by atoms with Crippen molar-refractivity contribution < 1.29 is 5.11 Å². The Kier molecular flexibility index (Phi) is 3.30. The first-order chi connectivity index (χ1) is 7.97. The summed E-state index contributed by atoms with van der Waals surface area (Å²) in [6.07, 6.45) is 4.99. The molecule has 3 unspecified atom stereocenters. The van der Waals surface area contributed by atoms with Gasteiger partial charge in [0.25, 0.3) is 0 Å². The highest BCUT2D eigenvalue weighted by atomic mass is 16.3. The van der Waals surface area contributed by atoms with Crippen LogP contribution in [0.1, 0.15) is 58.7 Å². The molecule has 0 bridgehead atoms. The smallest absolute Gasteiger partial charge is 0.109 e. The maximum absolute atomic E-state index is 11.0. The van der Waals surface area contributed by atoms with Crippen LogP contribution in [0.4, 0.5) is 0 Å². The van der Waals surface area contributed by atoms with Crippen molar-refractivity contribution in [3.63, 3.8) is 0 Å². The Morgan fingerprint density at radius 3 is 2.82 bits per heavy atom. The normalized spacial score (nSPS) is 34.2. The van der Waals surface area contributed by atoms with Gasteiger partial charge in [-0.05, 0) is 44.6 Å². The average molecular weight is 236 g/mol. The molecule has 2 rings (SSSR count). The summed E-state index contributed by atoms with van der Waals surface area (Å²) in [6, 6.07) is 2.28. The molecule has 0 amide bonds. The summed E-state index contributed by atoms with van der Waals surface area (Å²) in [7, 11) is 0. The monoisotopic (exact) mass is 236 g/mol. The van der Waals surface area contributed by atoms with Gasteiger partial charge >= 0.3 is 0 Å². The zero-order valence-corrected chi connectivity index (χ0v) is 11.3. The molecule has 1 aliphatic rings. The lowest BCUT2D eigenvalue weighted by Crippen LogP contribution is -2.42. The van der Waals surface area contributed by atoms with Gasteiger partial charge in [-0.3, -0.25) is 4.68 Å². The Morgan fingerprint density at radius 2 is 2.18 bits per heavy atom. The van der Waals surface area contributed by atoms with Crippen molar-refractivity contribution in [2.75, 3.05) is 0 Å². The van der Waals surface area contributed by atoms with Crippen LogP contribution in [0, 0.1) is 11.8 Å². The Balaban J connectivity index is 2.39. The maximum atomic E-state index is 11.0. The minimum Gasteiger partial charge on any atom is -0.383 e. The van der Waals surface area contributed by atoms with E-state index in [4.69, 9.17) is 0 Å². The zero-order chi connectivity index (χ0) is 12.6. The molecule has 96 valence electrons. The lowest BCUT2D eigenvalue weighted by molar-refractivity contribution is -0.0758. The lowest BCUT2D eigenvalue weighted by Gasteiger charge is -2.42. The van der Waals surface area contributed by atoms with Gasteiger partial charge in [0.05, 0.1) is 5.69 Å². The highest BCUT2D eigenvalue weighted by molar-refractivity contribution is 5.15. The van der Waals surface area contributed by atoms with Crippen LogP contribution in [0.5, 0.6) is 0 Å². The van der Waals surface area contributed by atoms with Crippen LogP contribution in [0.2, 0.25) is 0 Å². The Bertz CT molecular complexity index is 385. The molecule has 3 atom stereocenters. The molecule has 1 N–H and O–H groups in total. The van der Waals surface area contributed by atoms with E-state index in [0.29, 0.717) is 17.9 Å². The van der Waals surface area contributed by atoms with E-state index >= 15 is 0 Å². The molecule has 0 saturated heterocycles. The van der Waals surface area contributed by atoms with Gasteiger partial charge < -0.3 is 5.11 Å². The molecule has 0 aliphatic heterocycles. The van der Waals surface area contributed by atoms with E-state index in [-0.39, 0.29) is 0 Å². The summed E-state index contributed by atoms with van der Waals surface area (Å²) in [5.41, 5.74) is 0.296. The van der Waals surface area contributed by atoms with E-state index in [1.54, 1.807) is 6.20 Å². The molecule has 1 aromatic heterocycles. The number of nitrogens with zero attached hydrogens (tertiary/aromatic N) is 2. The van der Waals surface area contributed by atoms with Crippen LogP contribution < -0.4 is 0 Å². The van der Waals surface area contributed by atoms with E-state index in [2.05, 4.69) is 32.8 Å². The van der Waals surface area contributed by atoms with Crippen LogP contribution in [0.25, 0.3) is 0 Å². The molecule has 0 radical (unpaired) electrons. The van der Waals surface area contributed by atoms with Crippen LogP contribution in [0.15, 0.2) is 12.3 Å². The fourth-order valence-corrected chi connectivity index (χ4v) is 3.07. The molecular formula is C14H24N2O. The molecule has 1 heterocycles. The van der Waals surface area contributed by atoms with Crippen LogP contribution in [-0.4, -0.2) is 14.9 Å². The van der Waals surface area contributed by atoms with E-state index in [9.17, 15) is 5.11 Å². The van der Waals surface area contributed by atoms with Gasteiger partial charge in [0.2, 0.25) is 0 Å². The predicted octanol–water partition coefficient (Wildman–Crippen LogP) is 3.11. The first kappa shape index (κ1) is 12.6. The predicted molar refractivity (Wildman–Crippen MR) is 68.7 cm³/mol. The molecule has 3 heteroatoms. The van der Waals surface area contributed by atoms with Gasteiger partial charge in [0.1, 0.15) is 5.60 Å². The van der Waals surface area contributed by atoms with Crippen molar-refractivity contribution in [2.24, 2.45) is 11.8 Å². The van der Waals surface area contributed by atoms with Crippen LogP contribution in [0.3, 0.4) is 0 Å². The third-order valence-electron chi connectivity index (χ3n) is 4.43. The molecular weight excluding hydrogens is 212 g/mol. The highest BCUT2D eigenvalue weighted by Crippen LogP contribution is 2.44. The van der Waals surface area contributed by atoms with Gasteiger partial charge in [-0.2, -0.15) is 5.10 Å².